The predicted octanol–water partition coefficient (Wildman–Crippen LogP) is 2.26. The molecule has 2 aromatic rings. The standard InChI is InChI=1S/C14H13NO5/c1-6-2-10(16)11(17)3-7(6)14-8-4-12(18)13(19)5-9(8)15-20-14/h2-5,14-19H,1H3. The van der Waals surface area contributed by atoms with Crippen LogP contribution in [0.2, 0.25) is 0 Å². The Balaban J connectivity index is 2.12. The average Bonchev–Trinajstić information content (AvgIpc) is 2.77. The molecule has 0 amide bonds. The first-order valence-electron chi connectivity index (χ1n) is 5.97. The van der Waals surface area contributed by atoms with Crippen molar-refractivity contribution in [2.75, 3.05) is 5.48 Å². The van der Waals surface area contributed by atoms with Gasteiger partial charge in [-0.3, -0.25) is 10.3 Å². The van der Waals surface area contributed by atoms with E-state index in [2.05, 4.69) is 5.48 Å². The highest BCUT2D eigenvalue weighted by molar-refractivity contribution is 5.64. The highest BCUT2D eigenvalue weighted by Gasteiger charge is 2.29. The Bertz CT molecular complexity index is 698. The van der Waals surface area contributed by atoms with Gasteiger partial charge in [-0.05, 0) is 36.2 Å². The van der Waals surface area contributed by atoms with Gasteiger partial charge in [-0.2, -0.15) is 0 Å². The summed E-state index contributed by atoms with van der Waals surface area (Å²) in [7, 11) is 0. The van der Waals surface area contributed by atoms with Crippen LogP contribution in [0.25, 0.3) is 0 Å². The van der Waals surface area contributed by atoms with E-state index in [1.54, 1.807) is 6.92 Å². The summed E-state index contributed by atoms with van der Waals surface area (Å²) in [6.07, 6.45) is -0.553. The quantitative estimate of drug-likeness (QED) is 0.404. The van der Waals surface area contributed by atoms with Crippen molar-refractivity contribution < 1.29 is 25.3 Å². The van der Waals surface area contributed by atoms with Crippen LogP contribution < -0.4 is 5.48 Å². The zero-order chi connectivity index (χ0) is 14.4. The van der Waals surface area contributed by atoms with Crippen LogP contribution in [-0.2, 0) is 4.84 Å². The number of fused-ring (bicyclic) bond motifs is 1. The van der Waals surface area contributed by atoms with Gasteiger partial charge in [0, 0.05) is 11.6 Å². The van der Waals surface area contributed by atoms with Crippen molar-refractivity contribution in [1.29, 1.82) is 0 Å². The molecule has 5 N–H and O–H groups in total. The number of hydrogen-bond acceptors (Lipinski definition) is 6. The number of nitrogens with one attached hydrogen (secondary N) is 1. The summed E-state index contributed by atoms with van der Waals surface area (Å²) >= 11 is 0. The highest BCUT2D eigenvalue weighted by atomic mass is 16.7. The number of benzene rings is 2. The van der Waals surface area contributed by atoms with Crippen molar-refractivity contribution in [2.24, 2.45) is 0 Å². The Kier molecular flexibility index (Phi) is 2.62. The first-order valence-corrected chi connectivity index (χ1v) is 5.97. The predicted molar refractivity (Wildman–Crippen MR) is 70.8 cm³/mol. The van der Waals surface area contributed by atoms with Crippen molar-refractivity contribution in [3.05, 3.63) is 41.0 Å². The molecule has 2 aromatic carbocycles. The van der Waals surface area contributed by atoms with Crippen LogP contribution in [0.15, 0.2) is 24.3 Å². The summed E-state index contributed by atoms with van der Waals surface area (Å²) in [5, 5.41) is 38.1. The molecule has 20 heavy (non-hydrogen) atoms. The van der Waals surface area contributed by atoms with Crippen molar-refractivity contribution >= 4 is 5.69 Å². The molecule has 1 aliphatic rings. The fourth-order valence-corrected chi connectivity index (χ4v) is 2.30. The van der Waals surface area contributed by atoms with E-state index in [0.29, 0.717) is 16.8 Å². The van der Waals surface area contributed by atoms with Crippen molar-refractivity contribution in [3.8, 4) is 23.0 Å². The largest absolute Gasteiger partial charge is 0.504 e. The van der Waals surface area contributed by atoms with Crippen LogP contribution in [0.3, 0.4) is 0 Å². The Labute approximate surface area is 114 Å². The van der Waals surface area contributed by atoms with E-state index >= 15 is 0 Å². The fraction of sp³-hybridized carbons (Fsp3) is 0.143. The number of hydrogen-bond donors (Lipinski definition) is 5. The molecule has 0 radical (unpaired) electrons. The van der Waals surface area contributed by atoms with Gasteiger partial charge in [0.15, 0.2) is 23.0 Å². The Hall–Kier alpha value is -2.60. The van der Waals surface area contributed by atoms with Gasteiger partial charge in [0.25, 0.3) is 0 Å². The molecular weight excluding hydrogens is 262 g/mol. The molecule has 3 rings (SSSR count). The lowest BCUT2D eigenvalue weighted by atomic mass is 9.96. The lowest BCUT2D eigenvalue weighted by molar-refractivity contribution is 0.153. The first kappa shape index (κ1) is 12.4. The lowest BCUT2D eigenvalue weighted by Crippen LogP contribution is -2.03. The van der Waals surface area contributed by atoms with Gasteiger partial charge in [0.2, 0.25) is 0 Å². The fourth-order valence-electron chi connectivity index (χ4n) is 2.30. The summed E-state index contributed by atoms with van der Waals surface area (Å²) in [4.78, 5) is 5.43. The number of phenolic OH excluding ortho intramolecular Hbond substituents is 4. The molecule has 104 valence electrons. The second-order valence-corrected chi connectivity index (χ2v) is 4.73. The molecule has 0 aliphatic carbocycles. The van der Waals surface area contributed by atoms with Crippen LogP contribution in [-0.4, -0.2) is 20.4 Å². The summed E-state index contributed by atoms with van der Waals surface area (Å²) in [6.45, 7) is 1.77. The van der Waals surface area contributed by atoms with E-state index in [1.807, 2.05) is 0 Å². The van der Waals surface area contributed by atoms with Crippen LogP contribution in [0, 0.1) is 6.92 Å². The minimum Gasteiger partial charge on any atom is -0.504 e. The van der Waals surface area contributed by atoms with E-state index in [1.165, 1.54) is 24.3 Å². The van der Waals surface area contributed by atoms with Gasteiger partial charge >= 0.3 is 0 Å². The molecule has 1 atom stereocenters. The van der Waals surface area contributed by atoms with E-state index in [0.717, 1.165) is 5.56 Å². The van der Waals surface area contributed by atoms with Crippen LogP contribution in [0.5, 0.6) is 23.0 Å². The van der Waals surface area contributed by atoms with Gasteiger partial charge < -0.3 is 20.4 Å². The minimum atomic E-state index is -0.553. The maximum atomic E-state index is 9.62. The van der Waals surface area contributed by atoms with Crippen LogP contribution >= 0.6 is 0 Å². The molecule has 6 heteroatoms. The summed E-state index contributed by atoms with van der Waals surface area (Å²) < 4.78 is 0. The zero-order valence-corrected chi connectivity index (χ0v) is 10.6. The number of aryl methyl sites for hydroxylation is 1. The maximum Gasteiger partial charge on any atom is 0.159 e. The summed E-state index contributed by atoms with van der Waals surface area (Å²) in [6, 6.07) is 5.61. The molecule has 6 nitrogen and oxygen atoms in total. The molecule has 0 saturated carbocycles. The second-order valence-electron chi connectivity index (χ2n) is 4.73. The normalized spacial score (nSPS) is 16.8. The Morgan fingerprint density at radius 2 is 1.40 bits per heavy atom. The van der Waals surface area contributed by atoms with Gasteiger partial charge in [-0.25, -0.2) is 0 Å². The third-order valence-corrected chi connectivity index (χ3v) is 3.36. The smallest absolute Gasteiger partial charge is 0.159 e. The van der Waals surface area contributed by atoms with Gasteiger partial charge in [0.1, 0.15) is 6.10 Å². The van der Waals surface area contributed by atoms with E-state index in [4.69, 9.17) is 4.84 Å². The number of rotatable bonds is 1. The third-order valence-electron chi connectivity index (χ3n) is 3.36. The molecule has 0 aromatic heterocycles. The molecule has 1 heterocycles. The average molecular weight is 275 g/mol. The number of anilines is 1. The first-order chi connectivity index (χ1) is 9.47. The molecule has 1 unspecified atom stereocenters. The van der Waals surface area contributed by atoms with Gasteiger partial charge in [0.05, 0.1) is 5.69 Å². The molecular formula is C14H13NO5. The van der Waals surface area contributed by atoms with Crippen molar-refractivity contribution in [3.63, 3.8) is 0 Å². The number of aromatic hydroxyl groups is 4. The van der Waals surface area contributed by atoms with Crippen molar-refractivity contribution in [1.82, 2.24) is 0 Å². The number of phenols is 4. The zero-order valence-electron chi connectivity index (χ0n) is 10.6. The maximum absolute atomic E-state index is 9.62. The van der Waals surface area contributed by atoms with Gasteiger partial charge in [-0.15, -0.1) is 0 Å². The molecule has 0 spiro atoms. The third kappa shape index (κ3) is 1.78. The van der Waals surface area contributed by atoms with Crippen molar-refractivity contribution in [2.45, 2.75) is 13.0 Å². The van der Waals surface area contributed by atoms with Crippen LogP contribution in [0.4, 0.5) is 5.69 Å². The Morgan fingerprint density at radius 3 is 2.10 bits per heavy atom. The monoisotopic (exact) mass is 275 g/mol. The van der Waals surface area contributed by atoms with Gasteiger partial charge in [-0.1, -0.05) is 0 Å². The summed E-state index contributed by atoms with van der Waals surface area (Å²) in [5.74, 6) is -0.941. The lowest BCUT2D eigenvalue weighted by Gasteiger charge is -2.14. The summed E-state index contributed by atoms with van der Waals surface area (Å²) in [5.41, 5.74) is 5.21. The topological polar surface area (TPSA) is 102 Å². The van der Waals surface area contributed by atoms with E-state index in [-0.39, 0.29) is 23.0 Å². The Morgan fingerprint density at radius 1 is 0.850 bits per heavy atom. The minimum absolute atomic E-state index is 0.203. The second kappa shape index (κ2) is 4.21. The molecule has 0 saturated heterocycles. The SMILES string of the molecule is Cc1cc(O)c(O)cc1C1ONc2cc(O)c(O)cc21. The highest BCUT2D eigenvalue weighted by Crippen LogP contribution is 2.44. The van der Waals surface area contributed by atoms with Crippen LogP contribution in [0.1, 0.15) is 22.8 Å². The van der Waals surface area contributed by atoms with E-state index < -0.39 is 6.10 Å². The van der Waals surface area contributed by atoms with E-state index in [9.17, 15) is 20.4 Å². The molecule has 0 bridgehead atoms. The molecule has 0 fully saturated rings. The molecule has 1 aliphatic heterocycles.